The predicted molar refractivity (Wildman–Crippen MR) is 141 cm³/mol. The van der Waals surface area contributed by atoms with Gasteiger partial charge in [0.25, 0.3) is 0 Å². The summed E-state index contributed by atoms with van der Waals surface area (Å²) in [5.41, 5.74) is 2.09. The summed E-state index contributed by atoms with van der Waals surface area (Å²) < 4.78 is 0. The van der Waals surface area contributed by atoms with Crippen molar-refractivity contribution in [2.45, 2.75) is 118 Å². The molecule has 1 aliphatic rings. The van der Waals surface area contributed by atoms with Crippen LogP contribution >= 0.6 is 0 Å². The Bertz CT molecular complexity index is 590. The maximum Gasteiger partial charge on any atom is 0.0268 e. The predicted octanol–water partition coefficient (Wildman–Crippen LogP) is 9.45. The molecule has 0 unspecified atom stereocenters. The zero-order valence-electron chi connectivity index (χ0n) is 21.4. The molecule has 0 bridgehead atoms. The lowest BCUT2D eigenvalue weighted by molar-refractivity contribution is -0.00955. The third kappa shape index (κ3) is 12.2. The lowest BCUT2D eigenvalue weighted by Crippen LogP contribution is -2.52. The molecule has 1 fully saturated rings. The summed E-state index contributed by atoms with van der Waals surface area (Å²) in [7, 11) is 0. The first-order chi connectivity index (χ1) is 14.8. The zero-order chi connectivity index (χ0) is 23.0. The van der Waals surface area contributed by atoms with Crippen LogP contribution in [-0.4, -0.2) is 6.04 Å². The van der Waals surface area contributed by atoms with Crippen molar-refractivity contribution < 1.29 is 0 Å². The van der Waals surface area contributed by atoms with Crippen LogP contribution < -0.4 is 5.32 Å². The van der Waals surface area contributed by atoms with Crippen molar-refractivity contribution in [2.75, 3.05) is 0 Å². The first kappa shape index (κ1) is 27.5. The molecule has 31 heavy (non-hydrogen) atoms. The van der Waals surface area contributed by atoms with Crippen molar-refractivity contribution in [3.05, 3.63) is 60.9 Å². The highest BCUT2D eigenvalue weighted by atomic mass is 15.0. The van der Waals surface area contributed by atoms with E-state index in [0.29, 0.717) is 16.9 Å². The fourth-order valence-electron chi connectivity index (χ4n) is 4.10. The van der Waals surface area contributed by atoms with Crippen LogP contribution in [0.1, 0.15) is 112 Å². The number of unbranched alkanes of at least 4 members (excludes halogenated alkanes) is 4. The molecule has 0 atom stereocenters. The molecule has 1 rings (SSSR count). The topological polar surface area (TPSA) is 12.0 Å². The molecule has 0 aromatic carbocycles. The van der Waals surface area contributed by atoms with Crippen molar-refractivity contribution >= 4 is 0 Å². The van der Waals surface area contributed by atoms with E-state index in [2.05, 4.69) is 95.1 Å². The van der Waals surface area contributed by atoms with E-state index >= 15 is 0 Å². The van der Waals surface area contributed by atoms with E-state index < -0.39 is 0 Å². The normalized spacial score (nSPS) is 22.2. The van der Waals surface area contributed by atoms with Crippen LogP contribution in [0.15, 0.2) is 60.9 Å². The fraction of sp³-hybridized carbons (Fsp3) is 0.667. The molecule has 0 amide bonds. The summed E-state index contributed by atoms with van der Waals surface area (Å²) in [4.78, 5) is 0. The van der Waals surface area contributed by atoms with Crippen LogP contribution in [0.5, 0.6) is 0 Å². The standard InChI is InChI=1S/C30H51N/c1-7-8-9-10-11-12-13-14-15-16-17-18-19-20-21-22-23-24-27(2)31-28-25-30(6,26-28)29(3,4)5/h11-12,14-15,17-18,20-21,28,31H,2,7-10,13,16,19,22-26H2,1,3-6H3/b12-11-,15-14-,18-17-,21-20-. The van der Waals surface area contributed by atoms with Gasteiger partial charge in [-0.2, -0.15) is 0 Å². The quantitative estimate of drug-likeness (QED) is 0.192. The van der Waals surface area contributed by atoms with Crippen molar-refractivity contribution in [2.24, 2.45) is 10.8 Å². The Kier molecular flexibility index (Phi) is 13.6. The van der Waals surface area contributed by atoms with Crippen LogP contribution in [0, 0.1) is 10.8 Å². The molecule has 0 aromatic rings. The highest BCUT2D eigenvalue weighted by Crippen LogP contribution is 2.53. The Balaban J connectivity index is 1.97. The fourth-order valence-corrected chi connectivity index (χ4v) is 4.10. The second-order valence-corrected chi connectivity index (χ2v) is 10.6. The molecule has 1 aliphatic carbocycles. The van der Waals surface area contributed by atoms with Crippen molar-refractivity contribution in [1.82, 2.24) is 5.32 Å². The van der Waals surface area contributed by atoms with Gasteiger partial charge < -0.3 is 5.32 Å². The van der Waals surface area contributed by atoms with E-state index in [1.54, 1.807) is 0 Å². The molecule has 0 saturated heterocycles. The van der Waals surface area contributed by atoms with Gasteiger partial charge in [0.05, 0.1) is 0 Å². The molecule has 1 saturated carbocycles. The Morgan fingerprint density at radius 2 is 1.32 bits per heavy atom. The second-order valence-electron chi connectivity index (χ2n) is 10.6. The molecule has 1 nitrogen and oxygen atoms in total. The first-order valence-corrected chi connectivity index (χ1v) is 12.8. The summed E-state index contributed by atoms with van der Waals surface area (Å²) >= 11 is 0. The van der Waals surface area contributed by atoms with Gasteiger partial charge in [0, 0.05) is 11.7 Å². The van der Waals surface area contributed by atoms with Gasteiger partial charge in [-0.1, -0.05) is 103 Å². The van der Waals surface area contributed by atoms with Gasteiger partial charge in [-0.25, -0.2) is 0 Å². The monoisotopic (exact) mass is 425 g/mol. The largest absolute Gasteiger partial charge is 0.386 e. The minimum atomic E-state index is 0.396. The van der Waals surface area contributed by atoms with Gasteiger partial charge in [-0.3, -0.25) is 0 Å². The summed E-state index contributed by atoms with van der Waals surface area (Å²) in [6.07, 6.45) is 32.6. The Morgan fingerprint density at radius 3 is 1.81 bits per heavy atom. The van der Waals surface area contributed by atoms with Crippen molar-refractivity contribution in [3.8, 4) is 0 Å². The first-order valence-electron chi connectivity index (χ1n) is 12.8. The SMILES string of the molecule is C=C(CCC/C=C\C/C=C\C/C=C\C/C=C\CCCCC)NC1CC(C)(C(C)(C)C)C1. The molecule has 1 heteroatoms. The summed E-state index contributed by atoms with van der Waals surface area (Å²) in [5, 5.41) is 3.66. The Morgan fingerprint density at radius 1 is 0.839 bits per heavy atom. The lowest BCUT2D eigenvalue weighted by Gasteiger charge is -2.54. The molecule has 0 heterocycles. The van der Waals surface area contributed by atoms with Gasteiger partial charge in [0.2, 0.25) is 0 Å². The third-order valence-electron chi connectivity index (χ3n) is 6.92. The molecular formula is C30H51N. The Labute approximate surface area is 194 Å². The number of rotatable bonds is 16. The smallest absolute Gasteiger partial charge is 0.0268 e. The van der Waals surface area contributed by atoms with Gasteiger partial charge in [-0.05, 0) is 75.0 Å². The summed E-state index contributed by atoms with van der Waals surface area (Å²) in [6.45, 7) is 16.0. The number of nitrogens with one attached hydrogen (secondary N) is 1. The maximum atomic E-state index is 4.24. The van der Waals surface area contributed by atoms with Crippen molar-refractivity contribution in [3.63, 3.8) is 0 Å². The van der Waals surface area contributed by atoms with Crippen LogP contribution in [0.25, 0.3) is 0 Å². The van der Waals surface area contributed by atoms with Gasteiger partial charge in [0.1, 0.15) is 0 Å². The van der Waals surface area contributed by atoms with E-state index in [1.165, 1.54) is 50.6 Å². The van der Waals surface area contributed by atoms with E-state index in [0.717, 1.165) is 32.1 Å². The van der Waals surface area contributed by atoms with E-state index in [-0.39, 0.29) is 0 Å². The lowest BCUT2D eigenvalue weighted by atomic mass is 9.54. The van der Waals surface area contributed by atoms with Gasteiger partial charge in [0.15, 0.2) is 0 Å². The number of hydrogen-bond acceptors (Lipinski definition) is 1. The van der Waals surface area contributed by atoms with Crippen LogP contribution in [0.2, 0.25) is 0 Å². The minimum absolute atomic E-state index is 0.396. The van der Waals surface area contributed by atoms with E-state index in [4.69, 9.17) is 0 Å². The molecule has 176 valence electrons. The van der Waals surface area contributed by atoms with Crippen LogP contribution in [0.4, 0.5) is 0 Å². The van der Waals surface area contributed by atoms with Crippen LogP contribution in [-0.2, 0) is 0 Å². The second kappa shape index (κ2) is 15.3. The Hall–Kier alpha value is -1.50. The van der Waals surface area contributed by atoms with E-state index in [1.807, 2.05) is 0 Å². The molecule has 0 aliphatic heterocycles. The summed E-state index contributed by atoms with van der Waals surface area (Å²) in [6, 6.07) is 0.633. The minimum Gasteiger partial charge on any atom is -0.386 e. The third-order valence-corrected chi connectivity index (χ3v) is 6.92. The molecule has 0 radical (unpaired) electrons. The highest BCUT2D eigenvalue weighted by Gasteiger charge is 2.47. The maximum absolute atomic E-state index is 4.24. The molecule has 0 aromatic heterocycles. The average molecular weight is 426 g/mol. The molecular weight excluding hydrogens is 374 g/mol. The van der Waals surface area contributed by atoms with Gasteiger partial charge >= 0.3 is 0 Å². The number of hydrogen-bond donors (Lipinski definition) is 1. The molecule has 0 spiro atoms. The number of allylic oxidation sites excluding steroid dienone is 9. The highest BCUT2D eigenvalue weighted by molar-refractivity contribution is 5.06. The van der Waals surface area contributed by atoms with E-state index in [9.17, 15) is 0 Å². The van der Waals surface area contributed by atoms with Crippen LogP contribution in [0.3, 0.4) is 0 Å². The zero-order valence-corrected chi connectivity index (χ0v) is 21.4. The summed E-state index contributed by atoms with van der Waals surface area (Å²) in [5.74, 6) is 0. The van der Waals surface area contributed by atoms with Gasteiger partial charge in [-0.15, -0.1) is 0 Å². The van der Waals surface area contributed by atoms with Crippen molar-refractivity contribution in [1.29, 1.82) is 0 Å². The average Bonchev–Trinajstić information content (AvgIpc) is 2.68. The molecule has 1 N–H and O–H groups in total.